The molecule has 20 heavy (non-hydrogen) atoms. The summed E-state index contributed by atoms with van der Waals surface area (Å²) in [5.74, 6) is 1.40. The summed E-state index contributed by atoms with van der Waals surface area (Å²) < 4.78 is 0. The topological polar surface area (TPSA) is 50.4 Å². The minimum absolute atomic E-state index is 0. The van der Waals surface area contributed by atoms with E-state index in [0.717, 1.165) is 19.0 Å². The Morgan fingerprint density at radius 2 is 2.10 bits per heavy atom. The van der Waals surface area contributed by atoms with Crippen LogP contribution in [0.1, 0.15) is 26.2 Å². The number of benzene rings is 1. The molecule has 1 unspecified atom stereocenters. The number of rotatable bonds is 6. The molecule has 2 rings (SSSR count). The average molecular weight is 405 g/mol. The molecule has 0 bridgehead atoms. The fourth-order valence-corrected chi connectivity index (χ4v) is 2.93. The van der Waals surface area contributed by atoms with Crippen molar-refractivity contribution in [1.82, 2.24) is 5.32 Å². The van der Waals surface area contributed by atoms with Gasteiger partial charge in [-0.1, -0.05) is 31.5 Å². The second kappa shape index (κ2) is 9.50. The van der Waals surface area contributed by atoms with E-state index in [2.05, 4.69) is 41.5 Å². The molecule has 1 aliphatic carbocycles. The first-order chi connectivity index (χ1) is 9.24. The Morgan fingerprint density at radius 1 is 1.40 bits per heavy atom. The summed E-state index contributed by atoms with van der Waals surface area (Å²) in [6.07, 6.45) is 4.04. The van der Waals surface area contributed by atoms with Gasteiger partial charge in [-0.05, 0) is 30.9 Å². The Balaban J connectivity index is 0.00000200. The van der Waals surface area contributed by atoms with E-state index in [9.17, 15) is 0 Å². The highest BCUT2D eigenvalue weighted by atomic mass is 127. The summed E-state index contributed by atoms with van der Waals surface area (Å²) >= 11 is 1.84. The predicted octanol–water partition coefficient (Wildman–Crippen LogP) is 3.49. The number of nitrogens with two attached hydrogens (primary N) is 1. The number of aliphatic imine (C=N–C) groups is 1. The van der Waals surface area contributed by atoms with Crippen LogP contribution in [0, 0.1) is 5.92 Å². The molecule has 3 N–H and O–H groups in total. The van der Waals surface area contributed by atoms with Gasteiger partial charge in [0.05, 0.1) is 6.54 Å². The van der Waals surface area contributed by atoms with Gasteiger partial charge >= 0.3 is 0 Å². The number of hydrogen-bond donors (Lipinski definition) is 2. The zero-order chi connectivity index (χ0) is 13.5. The van der Waals surface area contributed by atoms with Crippen molar-refractivity contribution in [3.8, 4) is 0 Å². The summed E-state index contributed by atoms with van der Waals surface area (Å²) in [6, 6.07) is 10.4. The molecule has 0 amide bonds. The van der Waals surface area contributed by atoms with E-state index >= 15 is 0 Å². The second-order valence-corrected chi connectivity index (χ2v) is 6.66. The minimum Gasteiger partial charge on any atom is -0.370 e. The zero-order valence-electron chi connectivity index (χ0n) is 11.9. The number of nitrogens with zero attached hydrogens (tertiary/aromatic N) is 1. The van der Waals surface area contributed by atoms with Crippen LogP contribution in [0.5, 0.6) is 0 Å². The Morgan fingerprint density at radius 3 is 2.70 bits per heavy atom. The van der Waals surface area contributed by atoms with Gasteiger partial charge in [-0.15, -0.1) is 35.7 Å². The van der Waals surface area contributed by atoms with Crippen LogP contribution in [0.4, 0.5) is 0 Å². The lowest BCUT2D eigenvalue weighted by Gasteiger charge is -2.25. The van der Waals surface area contributed by atoms with E-state index in [-0.39, 0.29) is 24.0 Å². The molecular weight excluding hydrogens is 381 g/mol. The third-order valence-corrected chi connectivity index (χ3v) is 4.49. The maximum Gasteiger partial charge on any atom is 0.188 e. The van der Waals surface area contributed by atoms with Crippen LogP contribution in [-0.2, 0) is 0 Å². The van der Waals surface area contributed by atoms with Gasteiger partial charge in [-0.3, -0.25) is 4.99 Å². The van der Waals surface area contributed by atoms with E-state index in [4.69, 9.17) is 5.73 Å². The molecule has 5 heteroatoms. The highest BCUT2D eigenvalue weighted by Crippen LogP contribution is 2.25. The second-order valence-electron chi connectivity index (χ2n) is 5.15. The quantitative estimate of drug-likeness (QED) is 0.330. The fraction of sp³-hybridized carbons (Fsp3) is 0.533. The lowest BCUT2D eigenvalue weighted by molar-refractivity contribution is 0.315. The summed E-state index contributed by atoms with van der Waals surface area (Å²) in [7, 11) is 0. The molecule has 3 nitrogen and oxygen atoms in total. The van der Waals surface area contributed by atoms with Gasteiger partial charge in [-0.2, -0.15) is 0 Å². The Bertz CT molecular complexity index is 407. The van der Waals surface area contributed by atoms with E-state index < -0.39 is 0 Å². The zero-order valence-corrected chi connectivity index (χ0v) is 15.1. The van der Waals surface area contributed by atoms with Gasteiger partial charge in [0.15, 0.2) is 5.96 Å². The van der Waals surface area contributed by atoms with Crippen LogP contribution in [0.3, 0.4) is 0 Å². The first-order valence-corrected chi connectivity index (χ1v) is 7.87. The Labute approximate surface area is 143 Å². The molecule has 1 fully saturated rings. The predicted molar refractivity (Wildman–Crippen MR) is 99.0 cm³/mol. The standard InChI is InChI=1S/C15H23N3S.HI/c1-12(19-14-8-3-2-4-9-14)10-17-15(16)18-11-13-6-5-7-13;/h2-4,8-9,12-13H,5-7,10-11H2,1H3,(H3,16,17,18);1H. The molecule has 1 aromatic carbocycles. The number of hydrogen-bond acceptors (Lipinski definition) is 2. The molecule has 0 saturated heterocycles. The van der Waals surface area contributed by atoms with Gasteiger partial charge in [0.2, 0.25) is 0 Å². The normalized spacial score (nSPS) is 16.9. The maximum absolute atomic E-state index is 5.87. The molecule has 0 aromatic heterocycles. The molecule has 112 valence electrons. The van der Waals surface area contributed by atoms with E-state index in [1.54, 1.807) is 0 Å². The summed E-state index contributed by atoms with van der Waals surface area (Å²) in [5, 5.41) is 3.66. The molecule has 1 atom stereocenters. The van der Waals surface area contributed by atoms with E-state index in [1.165, 1.54) is 24.2 Å². The molecule has 0 spiro atoms. The van der Waals surface area contributed by atoms with Gasteiger partial charge < -0.3 is 11.1 Å². The first-order valence-electron chi connectivity index (χ1n) is 6.99. The van der Waals surface area contributed by atoms with Crippen LogP contribution in [0.15, 0.2) is 40.2 Å². The third kappa shape index (κ3) is 6.35. The van der Waals surface area contributed by atoms with Gasteiger partial charge in [0, 0.05) is 16.7 Å². The van der Waals surface area contributed by atoms with Gasteiger partial charge in [0.25, 0.3) is 0 Å². The fourth-order valence-electron chi connectivity index (χ4n) is 2.00. The largest absolute Gasteiger partial charge is 0.370 e. The lowest BCUT2D eigenvalue weighted by atomic mass is 9.85. The lowest BCUT2D eigenvalue weighted by Crippen LogP contribution is -2.37. The third-order valence-electron chi connectivity index (χ3n) is 3.40. The van der Waals surface area contributed by atoms with Crippen molar-refractivity contribution in [2.24, 2.45) is 16.6 Å². The number of nitrogens with one attached hydrogen (secondary N) is 1. The maximum atomic E-state index is 5.87. The summed E-state index contributed by atoms with van der Waals surface area (Å²) in [5.41, 5.74) is 5.87. The van der Waals surface area contributed by atoms with Crippen LogP contribution in [0.2, 0.25) is 0 Å². The number of halogens is 1. The highest BCUT2D eigenvalue weighted by molar-refractivity contribution is 14.0. The molecule has 1 aromatic rings. The smallest absolute Gasteiger partial charge is 0.188 e. The van der Waals surface area contributed by atoms with Crippen molar-refractivity contribution in [3.63, 3.8) is 0 Å². The van der Waals surface area contributed by atoms with Crippen molar-refractivity contribution in [3.05, 3.63) is 30.3 Å². The van der Waals surface area contributed by atoms with Crippen molar-refractivity contribution in [2.75, 3.05) is 13.1 Å². The first kappa shape index (κ1) is 17.6. The van der Waals surface area contributed by atoms with Crippen LogP contribution in [-0.4, -0.2) is 24.3 Å². The molecule has 0 heterocycles. The Kier molecular flexibility index (Phi) is 8.37. The average Bonchev–Trinajstić information content (AvgIpc) is 2.36. The van der Waals surface area contributed by atoms with E-state index in [0.29, 0.717) is 11.2 Å². The van der Waals surface area contributed by atoms with Crippen LogP contribution >= 0.6 is 35.7 Å². The van der Waals surface area contributed by atoms with Crippen molar-refractivity contribution >= 4 is 41.7 Å². The molecule has 1 aliphatic rings. The van der Waals surface area contributed by atoms with Gasteiger partial charge in [0.1, 0.15) is 0 Å². The van der Waals surface area contributed by atoms with Crippen molar-refractivity contribution in [2.45, 2.75) is 36.3 Å². The minimum atomic E-state index is 0. The van der Waals surface area contributed by atoms with E-state index in [1.807, 2.05) is 17.8 Å². The van der Waals surface area contributed by atoms with Crippen molar-refractivity contribution < 1.29 is 0 Å². The SMILES string of the molecule is CC(CN=C(N)NCC1CCC1)Sc1ccccc1.I. The molecule has 1 saturated carbocycles. The summed E-state index contributed by atoms with van der Waals surface area (Å²) in [4.78, 5) is 5.70. The molecule has 0 aliphatic heterocycles. The number of guanidine groups is 1. The number of thioether (sulfide) groups is 1. The van der Waals surface area contributed by atoms with Gasteiger partial charge in [-0.25, -0.2) is 0 Å². The molecule has 0 radical (unpaired) electrons. The van der Waals surface area contributed by atoms with Crippen molar-refractivity contribution in [1.29, 1.82) is 0 Å². The monoisotopic (exact) mass is 405 g/mol. The van der Waals surface area contributed by atoms with Crippen LogP contribution in [0.25, 0.3) is 0 Å². The van der Waals surface area contributed by atoms with Crippen LogP contribution < -0.4 is 11.1 Å². The Hall–Kier alpha value is -0.430. The molecular formula is C15H24IN3S. The summed E-state index contributed by atoms with van der Waals surface area (Å²) in [6.45, 7) is 3.92. The highest BCUT2D eigenvalue weighted by Gasteiger charge is 2.16.